The SMILES string of the molecule is CCCCCCCCC/C=C\CCCCCCCCCC(=O)OCC(COC(OCC[N+](C)(C)C)C(=O)O)OC(=O)CCCCCCCCCCCCCCCCC/C=C\CCCCCCCCCC. The quantitative estimate of drug-likeness (QED) is 0.0211. The lowest BCUT2D eigenvalue weighted by molar-refractivity contribution is -0.870. The molecule has 0 saturated carbocycles. The highest BCUT2D eigenvalue weighted by Crippen LogP contribution is 2.17. The van der Waals surface area contributed by atoms with E-state index >= 15 is 0 Å². The third kappa shape index (κ3) is 53.6. The molecule has 9 heteroatoms. The van der Waals surface area contributed by atoms with Gasteiger partial charge in [-0.15, -0.1) is 0 Å². The highest BCUT2D eigenvalue weighted by molar-refractivity contribution is 5.71. The number of nitrogens with zero attached hydrogens (tertiary/aromatic N) is 1. The number of allylic oxidation sites excluding steroid dienone is 4. The number of ether oxygens (including phenoxy) is 4. The number of quaternary nitrogens is 1. The molecule has 70 heavy (non-hydrogen) atoms. The Morgan fingerprint density at radius 2 is 0.729 bits per heavy atom. The van der Waals surface area contributed by atoms with Crippen LogP contribution in [0.3, 0.4) is 0 Å². The molecule has 9 nitrogen and oxygen atoms in total. The Kier molecular flexibility index (Phi) is 51.4. The van der Waals surface area contributed by atoms with Crippen molar-refractivity contribution in [1.82, 2.24) is 0 Å². The number of carbonyl (C=O) groups is 3. The Bertz CT molecular complexity index is 1200. The number of aliphatic carboxylic acids is 1. The topological polar surface area (TPSA) is 108 Å². The number of unbranched alkanes of at least 4 members (excludes halogenated alkanes) is 37. The molecule has 2 unspecified atom stereocenters. The maximum absolute atomic E-state index is 12.9. The second kappa shape index (κ2) is 53.1. The maximum Gasteiger partial charge on any atom is 0.361 e. The van der Waals surface area contributed by atoms with Crippen molar-refractivity contribution < 1.29 is 42.9 Å². The van der Waals surface area contributed by atoms with Crippen LogP contribution in [0.2, 0.25) is 0 Å². The lowest BCUT2D eigenvalue weighted by Crippen LogP contribution is -2.40. The maximum atomic E-state index is 12.9. The summed E-state index contributed by atoms with van der Waals surface area (Å²) in [5, 5.41) is 9.70. The van der Waals surface area contributed by atoms with Crippen molar-refractivity contribution in [2.75, 3.05) is 47.5 Å². The van der Waals surface area contributed by atoms with Crippen LogP contribution in [-0.4, -0.2) is 87.4 Å². The normalized spacial score (nSPS) is 12.9. The van der Waals surface area contributed by atoms with Gasteiger partial charge in [-0.3, -0.25) is 9.59 Å². The second-order valence-electron chi connectivity index (χ2n) is 21.7. The molecule has 1 N–H and O–H groups in total. The fourth-order valence-corrected chi connectivity index (χ4v) is 8.77. The highest BCUT2D eigenvalue weighted by Gasteiger charge is 2.25. The Labute approximate surface area is 433 Å². The van der Waals surface area contributed by atoms with E-state index in [2.05, 4.69) is 38.2 Å². The molecule has 0 aromatic carbocycles. The summed E-state index contributed by atoms with van der Waals surface area (Å²) < 4.78 is 22.9. The van der Waals surface area contributed by atoms with Gasteiger partial charge >= 0.3 is 17.9 Å². The standard InChI is InChI=1S/C61H115NO8/c1-6-8-10-12-14-16-18-20-22-24-26-27-28-29-30-31-32-33-34-36-38-40-42-44-46-48-50-52-59(64)70-57(56-69-61(60(65)66)67-54-53-62(3,4)5)55-68-58(63)51-49-47-45-43-41-39-37-35-25-23-21-19-17-15-13-11-9-7-2/h23-26,57,61H,6-22,27-56H2,1-5H3/p+1/b25-23-,26-24-. The number of hydrogen-bond donors (Lipinski definition) is 1. The van der Waals surface area contributed by atoms with Crippen molar-refractivity contribution in [3.63, 3.8) is 0 Å². The molecule has 2 atom stereocenters. The lowest BCUT2D eigenvalue weighted by Gasteiger charge is -2.25. The fourth-order valence-electron chi connectivity index (χ4n) is 8.77. The summed E-state index contributed by atoms with van der Waals surface area (Å²) in [6.45, 7) is 4.92. The number of rotatable bonds is 56. The molecule has 0 aromatic heterocycles. The van der Waals surface area contributed by atoms with Crippen molar-refractivity contribution in [3.05, 3.63) is 24.3 Å². The zero-order chi connectivity index (χ0) is 51.3. The van der Waals surface area contributed by atoms with Crippen LogP contribution in [-0.2, 0) is 33.3 Å². The van der Waals surface area contributed by atoms with Gasteiger partial charge in [-0.25, -0.2) is 4.79 Å². The van der Waals surface area contributed by atoms with Gasteiger partial charge in [0.15, 0.2) is 6.10 Å². The first kappa shape index (κ1) is 67.8. The monoisotopic (exact) mass is 991 g/mol. The van der Waals surface area contributed by atoms with Crippen molar-refractivity contribution >= 4 is 17.9 Å². The summed E-state index contributed by atoms with van der Waals surface area (Å²) >= 11 is 0. The number of likely N-dealkylation sites (N-methyl/N-ethyl adjacent to an activating group) is 1. The van der Waals surface area contributed by atoms with Gasteiger partial charge < -0.3 is 28.5 Å². The van der Waals surface area contributed by atoms with Gasteiger partial charge in [0.1, 0.15) is 13.2 Å². The Morgan fingerprint density at radius 1 is 0.414 bits per heavy atom. The lowest BCUT2D eigenvalue weighted by atomic mass is 10.0. The molecule has 0 saturated heterocycles. The van der Waals surface area contributed by atoms with E-state index in [1.807, 2.05) is 21.1 Å². The minimum atomic E-state index is -1.51. The molecule has 0 bridgehead atoms. The summed E-state index contributed by atoms with van der Waals surface area (Å²) in [4.78, 5) is 37.4. The van der Waals surface area contributed by atoms with Crippen LogP contribution >= 0.6 is 0 Å². The minimum absolute atomic E-state index is 0.180. The van der Waals surface area contributed by atoms with Gasteiger partial charge in [-0.1, -0.05) is 237 Å². The first-order chi connectivity index (χ1) is 34.1. The first-order valence-electron chi connectivity index (χ1n) is 30.0. The van der Waals surface area contributed by atoms with Crippen LogP contribution < -0.4 is 0 Å². The zero-order valence-electron chi connectivity index (χ0n) is 47.0. The number of esters is 2. The van der Waals surface area contributed by atoms with Crippen molar-refractivity contribution in [2.45, 2.75) is 302 Å². The van der Waals surface area contributed by atoms with Crippen molar-refractivity contribution in [1.29, 1.82) is 0 Å². The van der Waals surface area contributed by atoms with Gasteiger partial charge in [0.05, 0.1) is 34.4 Å². The van der Waals surface area contributed by atoms with E-state index < -0.39 is 24.3 Å². The zero-order valence-corrected chi connectivity index (χ0v) is 47.0. The van der Waals surface area contributed by atoms with Crippen molar-refractivity contribution in [3.8, 4) is 0 Å². The van der Waals surface area contributed by atoms with Crippen LogP contribution in [0.1, 0.15) is 290 Å². The number of carboxylic acid groups (broad SMARTS) is 1. The van der Waals surface area contributed by atoms with E-state index in [0.717, 1.165) is 38.5 Å². The van der Waals surface area contributed by atoms with Crippen LogP contribution in [0.15, 0.2) is 24.3 Å². The van der Waals surface area contributed by atoms with Gasteiger partial charge in [-0.05, 0) is 64.2 Å². The predicted octanol–water partition coefficient (Wildman–Crippen LogP) is 17.5. The number of hydrogen-bond acceptors (Lipinski definition) is 7. The molecule has 0 aliphatic heterocycles. The van der Waals surface area contributed by atoms with Gasteiger partial charge in [0.25, 0.3) is 6.29 Å². The molecule has 0 radical (unpaired) electrons. The smallest absolute Gasteiger partial charge is 0.361 e. The number of carboxylic acids is 1. The summed E-state index contributed by atoms with van der Waals surface area (Å²) in [6, 6.07) is 0. The average Bonchev–Trinajstić information content (AvgIpc) is 3.33. The molecular weight excluding hydrogens is 875 g/mol. The van der Waals surface area contributed by atoms with E-state index in [1.54, 1.807) is 0 Å². The minimum Gasteiger partial charge on any atom is -0.477 e. The van der Waals surface area contributed by atoms with Crippen LogP contribution in [0.4, 0.5) is 0 Å². The van der Waals surface area contributed by atoms with Gasteiger partial charge in [-0.2, -0.15) is 0 Å². The molecule has 0 fully saturated rings. The van der Waals surface area contributed by atoms with E-state index in [-0.39, 0.29) is 32.2 Å². The Balaban J connectivity index is 4.17. The largest absolute Gasteiger partial charge is 0.477 e. The first-order valence-corrected chi connectivity index (χ1v) is 30.0. The molecule has 0 amide bonds. The summed E-state index contributed by atoms with van der Waals surface area (Å²) in [6.07, 6.45) is 59.7. The molecule has 0 heterocycles. The Morgan fingerprint density at radius 3 is 1.06 bits per heavy atom. The van der Waals surface area contributed by atoms with Crippen LogP contribution in [0.25, 0.3) is 0 Å². The summed E-state index contributed by atoms with van der Waals surface area (Å²) in [5.74, 6) is -1.99. The second-order valence-corrected chi connectivity index (χ2v) is 21.7. The predicted molar refractivity (Wildman–Crippen MR) is 295 cm³/mol. The molecular formula is C61H116NO8+. The van der Waals surface area contributed by atoms with E-state index in [4.69, 9.17) is 18.9 Å². The van der Waals surface area contributed by atoms with E-state index in [0.29, 0.717) is 17.4 Å². The number of carbonyl (C=O) groups excluding carboxylic acids is 2. The summed E-state index contributed by atoms with van der Waals surface area (Å²) in [7, 11) is 5.98. The van der Waals surface area contributed by atoms with E-state index in [9.17, 15) is 19.5 Å². The third-order valence-electron chi connectivity index (χ3n) is 13.4. The van der Waals surface area contributed by atoms with Gasteiger partial charge in [0, 0.05) is 12.8 Å². The van der Waals surface area contributed by atoms with E-state index in [1.165, 1.54) is 225 Å². The average molecular weight is 992 g/mol. The fraction of sp³-hybridized carbons (Fsp3) is 0.885. The third-order valence-corrected chi connectivity index (χ3v) is 13.4. The molecule has 0 aliphatic rings. The molecule has 0 rings (SSSR count). The van der Waals surface area contributed by atoms with Crippen LogP contribution in [0.5, 0.6) is 0 Å². The highest BCUT2D eigenvalue weighted by atomic mass is 16.7. The molecule has 0 aliphatic carbocycles. The molecule has 0 spiro atoms. The molecule has 0 aromatic rings. The van der Waals surface area contributed by atoms with Crippen molar-refractivity contribution in [2.24, 2.45) is 0 Å². The summed E-state index contributed by atoms with van der Waals surface area (Å²) in [5.41, 5.74) is 0. The van der Waals surface area contributed by atoms with Crippen LogP contribution in [0, 0.1) is 0 Å². The Hall–Kier alpha value is -2.23. The molecule has 412 valence electrons. The van der Waals surface area contributed by atoms with Gasteiger partial charge in [0.2, 0.25) is 0 Å².